The number of carbonyl (C=O) groups excluding carboxylic acids is 1. The van der Waals surface area contributed by atoms with E-state index in [9.17, 15) is 14.7 Å². The van der Waals surface area contributed by atoms with Crippen LogP contribution in [0, 0.1) is 5.92 Å². The summed E-state index contributed by atoms with van der Waals surface area (Å²) in [6.45, 7) is 2.55. The summed E-state index contributed by atoms with van der Waals surface area (Å²) in [6.07, 6.45) is 17.9. The number of amides is 1. The standard InChI is InChI=1S/C27H45NO4/c1-2-3-4-5-6-7-8-9-10-11-12-13-14-18-21-25(26(29)30)22-28-27(31)32-23-24-19-16-15-17-20-24/h15-17,19-20,25H,2-14,18,21-23H2,1H3,(H,28,31)(H,29,30)/t25-/m0/s1. The highest BCUT2D eigenvalue weighted by Gasteiger charge is 2.18. The zero-order valence-electron chi connectivity index (χ0n) is 20.2. The highest BCUT2D eigenvalue weighted by molar-refractivity contribution is 5.72. The van der Waals surface area contributed by atoms with Crippen molar-refractivity contribution in [3.05, 3.63) is 35.9 Å². The lowest BCUT2D eigenvalue weighted by molar-refractivity contribution is -0.141. The minimum Gasteiger partial charge on any atom is -0.481 e. The zero-order valence-corrected chi connectivity index (χ0v) is 20.2. The number of carboxylic acid groups (broad SMARTS) is 1. The molecule has 1 atom stereocenters. The third-order valence-corrected chi connectivity index (χ3v) is 5.96. The van der Waals surface area contributed by atoms with Gasteiger partial charge in [0.05, 0.1) is 5.92 Å². The van der Waals surface area contributed by atoms with E-state index in [-0.39, 0.29) is 13.2 Å². The van der Waals surface area contributed by atoms with E-state index in [2.05, 4.69) is 12.2 Å². The molecule has 0 aliphatic carbocycles. The van der Waals surface area contributed by atoms with Crippen molar-refractivity contribution in [1.29, 1.82) is 0 Å². The van der Waals surface area contributed by atoms with E-state index in [1.807, 2.05) is 30.3 Å². The SMILES string of the molecule is CCCCCCCCCCCCCCCC[C@@H](CNC(=O)OCc1ccccc1)C(=O)O. The first-order valence-electron chi connectivity index (χ1n) is 12.8. The van der Waals surface area contributed by atoms with Gasteiger partial charge in [0.25, 0.3) is 0 Å². The summed E-state index contributed by atoms with van der Waals surface area (Å²) in [5.74, 6) is -1.42. The number of hydrogen-bond acceptors (Lipinski definition) is 3. The lowest BCUT2D eigenvalue weighted by atomic mass is 9.99. The van der Waals surface area contributed by atoms with Gasteiger partial charge in [0.15, 0.2) is 0 Å². The molecule has 0 spiro atoms. The molecule has 1 amide bonds. The smallest absolute Gasteiger partial charge is 0.407 e. The Morgan fingerprint density at radius 2 is 1.31 bits per heavy atom. The van der Waals surface area contributed by atoms with E-state index >= 15 is 0 Å². The lowest BCUT2D eigenvalue weighted by Crippen LogP contribution is -2.33. The van der Waals surface area contributed by atoms with E-state index in [1.165, 1.54) is 70.6 Å². The maximum Gasteiger partial charge on any atom is 0.407 e. The predicted octanol–water partition coefficient (Wildman–Crippen LogP) is 7.49. The van der Waals surface area contributed by atoms with Gasteiger partial charge >= 0.3 is 12.1 Å². The molecule has 0 saturated carbocycles. The Balaban J connectivity index is 1.97. The molecule has 0 radical (unpaired) electrons. The molecule has 1 aromatic rings. The van der Waals surface area contributed by atoms with Gasteiger partial charge in [-0.05, 0) is 12.0 Å². The van der Waals surface area contributed by atoms with Gasteiger partial charge in [0, 0.05) is 6.54 Å². The average Bonchev–Trinajstić information content (AvgIpc) is 2.80. The fraction of sp³-hybridized carbons (Fsp3) is 0.704. The molecule has 0 aliphatic rings. The monoisotopic (exact) mass is 447 g/mol. The van der Waals surface area contributed by atoms with Crippen LogP contribution in [0.4, 0.5) is 4.79 Å². The van der Waals surface area contributed by atoms with Crippen LogP contribution in [-0.4, -0.2) is 23.7 Å². The molecule has 5 heteroatoms. The third-order valence-electron chi connectivity index (χ3n) is 5.96. The van der Waals surface area contributed by atoms with Gasteiger partial charge in [0.1, 0.15) is 6.61 Å². The Labute approximate surface area is 195 Å². The van der Waals surface area contributed by atoms with E-state index in [4.69, 9.17) is 4.74 Å². The van der Waals surface area contributed by atoms with Crippen molar-refractivity contribution in [2.45, 2.75) is 110 Å². The summed E-state index contributed by atoms with van der Waals surface area (Å²) in [5.41, 5.74) is 0.903. The van der Waals surface area contributed by atoms with E-state index in [1.54, 1.807) is 0 Å². The summed E-state index contributed by atoms with van der Waals surface area (Å²) < 4.78 is 5.14. The summed E-state index contributed by atoms with van der Waals surface area (Å²) in [7, 11) is 0. The van der Waals surface area contributed by atoms with Crippen LogP contribution in [0.2, 0.25) is 0 Å². The van der Waals surface area contributed by atoms with Crippen molar-refractivity contribution in [1.82, 2.24) is 5.32 Å². The fourth-order valence-corrected chi connectivity index (χ4v) is 3.88. The van der Waals surface area contributed by atoms with Crippen LogP contribution in [0.15, 0.2) is 30.3 Å². The number of carbonyl (C=O) groups is 2. The van der Waals surface area contributed by atoms with Crippen molar-refractivity contribution in [2.24, 2.45) is 5.92 Å². The number of nitrogens with one attached hydrogen (secondary N) is 1. The molecule has 1 aromatic carbocycles. The molecule has 0 aliphatic heterocycles. The molecule has 0 unspecified atom stereocenters. The van der Waals surface area contributed by atoms with Gasteiger partial charge < -0.3 is 15.2 Å². The highest BCUT2D eigenvalue weighted by atomic mass is 16.5. The Hall–Kier alpha value is -2.04. The molecule has 0 saturated heterocycles. The van der Waals surface area contributed by atoms with Gasteiger partial charge in [-0.25, -0.2) is 4.79 Å². The second-order valence-electron chi connectivity index (χ2n) is 8.86. The summed E-state index contributed by atoms with van der Waals surface area (Å²) in [5, 5.41) is 12.0. The number of benzene rings is 1. The average molecular weight is 448 g/mol. The van der Waals surface area contributed by atoms with Crippen LogP contribution < -0.4 is 5.32 Å². The highest BCUT2D eigenvalue weighted by Crippen LogP contribution is 2.15. The quantitative estimate of drug-likeness (QED) is 0.203. The molecular formula is C27H45NO4. The molecule has 32 heavy (non-hydrogen) atoms. The first kappa shape index (κ1) is 28.0. The molecular weight excluding hydrogens is 402 g/mol. The van der Waals surface area contributed by atoms with E-state index < -0.39 is 18.0 Å². The molecule has 5 nitrogen and oxygen atoms in total. The van der Waals surface area contributed by atoms with Crippen LogP contribution in [0.25, 0.3) is 0 Å². The number of unbranched alkanes of at least 4 members (excludes halogenated alkanes) is 13. The second-order valence-corrected chi connectivity index (χ2v) is 8.86. The van der Waals surface area contributed by atoms with Gasteiger partial charge in [-0.3, -0.25) is 4.79 Å². The van der Waals surface area contributed by atoms with E-state index in [0.717, 1.165) is 24.8 Å². The molecule has 0 heterocycles. The van der Waals surface area contributed by atoms with Crippen molar-refractivity contribution < 1.29 is 19.4 Å². The number of hydrogen-bond donors (Lipinski definition) is 2. The number of rotatable bonds is 20. The van der Waals surface area contributed by atoms with Gasteiger partial charge in [-0.2, -0.15) is 0 Å². The lowest BCUT2D eigenvalue weighted by Gasteiger charge is -2.13. The molecule has 1 rings (SSSR count). The maximum absolute atomic E-state index is 11.8. The Kier molecular flexibility index (Phi) is 17.2. The largest absolute Gasteiger partial charge is 0.481 e. The Morgan fingerprint density at radius 3 is 1.81 bits per heavy atom. The number of aliphatic carboxylic acids is 1. The zero-order chi connectivity index (χ0) is 23.3. The number of alkyl carbamates (subject to hydrolysis) is 1. The third kappa shape index (κ3) is 15.7. The normalized spacial score (nSPS) is 11.8. The first-order chi connectivity index (χ1) is 15.6. The second kappa shape index (κ2) is 19.6. The first-order valence-corrected chi connectivity index (χ1v) is 12.8. The van der Waals surface area contributed by atoms with Crippen LogP contribution in [0.1, 0.15) is 109 Å². The summed E-state index contributed by atoms with van der Waals surface area (Å²) >= 11 is 0. The molecule has 0 bridgehead atoms. The van der Waals surface area contributed by atoms with Gasteiger partial charge in [-0.1, -0.05) is 127 Å². The van der Waals surface area contributed by atoms with Gasteiger partial charge in [0.2, 0.25) is 0 Å². The number of carboxylic acids is 1. The summed E-state index contributed by atoms with van der Waals surface area (Å²) in [4.78, 5) is 23.3. The Morgan fingerprint density at radius 1 is 0.812 bits per heavy atom. The predicted molar refractivity (Wildman–Crippen MR) is 131 cm³/mol. The van der Waals surface area contributed by atoms with Crippen LogP contribution in [0.5, 0.6) is 0 Å². The maximum atomic E-state index is 11.8. The van der Waals surface area contributed by atoms with Crippen LogP contribution >= 0.6 is 0 Å². The molecule has 0 aromatic heterocycles. The minimum absolute atomic E-state index is 0.113. The topological polar surface area (TPSA) is 75.6 Å². The van der Waals surface area contributed by atoms with E-state index in [0.29, 0.717) is 6.42 Å². The number of ether oxygens (including phenoxy) is 1. The van der Waals surface area contributed by atoms with Crippen molar-refractivity contribution in [3.63, 3.8) is 0 Å². The van der Waals surface area contributed by atoms with Crippen LogP contribution in [-0.2, 0) is 16.1 Å². The summed E-state index contributed by atoms with van der Waals surface area (Å²) in [6, 6.07) is 9.42. The van der Waals surface area contributed by atoms with Crippen LogP contribution in [0.3, 0.4) is 0 Å². The molecule has 182 valence electrons. The van der Waals surface area contributed by atoms with Crippen molar-refractivity contribution >= 4 is 12.1 Å². The fourth-order valence-electron chi connectivity index (χ4n) is 3.88. The minimum atomic E-state index is -0.858. The molecule has 2 N–H and O–H groups in total. The Bertz CT molecular complexity index is 591. The van der Waals surface area contributed by atoms with Gasteiger partial charge in [-0.15, -0.1) is 0 Å². The van der Waals surface area contributed by atoms with Crippen molar-refractivity contribution in [3.8, 4) is 0 Å². The van der Waals surface area contributed by atoms with Crippen molar-refractivity contribution in [2.75, 3.05) is 6.54 Å². The molecule has 0 fully saturated rings.